The van der Waals surface area contributed by atoms with Crippen LogP contribution < -0.4 is 15.4 Å². The molecule has 2 aliphatic heterocycles. The number of carbonyl (C=O) groups excluding carboxylic acids is 1. The van der Waals surface area contributed by atoms with E-state index in [9.17, 15) is 13.2 Å². The van der Waals surface area contributed by atoms with E-state index >= 15 is 0 Å². The molecule has 2 fully saturated rings. The van der Waals surface area contributed by atoms with Crippen molar-refractivity contribution < 1.29 is 13.2 Å². The predicted molar refractivity (Wildman–Crippen MR) is 135 cm³/mol. The molecule has 0 bridgehead atoms. The molecule has 2 aliphatic rings. The molecule has 1 aromatic carbocycles. The molecule has 2 saturated heterocycles. The van der Waals surface area contributed by atoms with Gasteiger partial charge in [-0.25, -0.2) is 17.9 Å². The summed E-state index contributed by atoms with van der Waals surface area (Å²) >= 11 is 6.17. The zero-order valence-corrected chi connectivity index (χ0v) is 21.0. The summed E-state index contributed by atoms with van der Waals surface area (Å²) in [6, 6.07) is 8.34. The maximum Gasteiger partial charge on any atom is 0.256 e. The second-order valence-corrected chi connectivity index (χ2v) is 11.4. The van der Waals surface area contributed by atoms with E-state index in [0.717, 1.165) is 56.5 Å². The highest BCUT2D eigenvalue weighted by molar-refractivity contribution is 7.92. The fourth-order valence-electron chi connectivity index (χ4n) is 4.83. The van der Waals surface area contributed by atoms with Crippen LogP contribution in [0.5, 0.6) is 0 Å². The van der Waals surface area contributed by atoms with Crippen LogP contribution in [0.1, 0.15) is 47.8 Å². The van der Waals surface area contributed by atoms with Gasteiger partial charge in [0.05, 0.1) is 35.4 Å². The predicted octanol–water partition coefficient (Wildman–Crippen LogP) is 2.66. The maximum absolute atomic E-state index is 13.7. The summed E-state index contributed by atoms with van der Waals surface area (Å²) in [7, 11) is -3.57. The number of nitrogens with two attached hydrogens (primary N) is 1. The average molecular weight is 518 g/mol. The molecule has 12 heteroatoms. The molecule has 2 atom stereocenters. The van der Waals surface area contributed by atoms with Gasteiger partial charge in [-0.1, -0.05) is 11.6 Å². The third kappa shape index (κ3) is 5.07. The van der Waals surface area contributed by atoms with Crippen LogP contribution in [0, 0.1) is 0 Å². The molecule has 10 nitrogen and oxygen atoms in total. The lowest BCUT2D eigenvalue weighted by Crippen LogP contribution is -2.39. The van der Waals surface area contributed by atoms with Gasteiger partial charge in [-0.2, -0.15) is 0 Å². The number of rotatable bonds is 5. The highest BCUT2D eigenvalue weighted by atomic mass is 35.5. The van der Waals surface area contributed by atoms with Crippen LogP contribution in [0.3, 0.4) is 0 Å². The van der Waals surface area contributed by atoms with Crippen molar-refractivity contribution in [2.45, 2.75) is 37.8 Å². The largest absolute Gasteiger partial charge is 0.354 e. The van der Waals surface area contributed by atoms with Crippen LogP contribution in [0.15, 0.2) is 36.5 Å². The number of anilines is 2. The third-order valence-electron chi connectivity index (χ3n) is 6.49. The van der Waals surface area contributed by atoms with E-state index in [1.54, 1.807) is 15.5 Å². The molecular weight excluding hydrogens is 490 g/mol. The van der Waals surface area contributed by atoms with Crippen molar-refractivity contribution in [2.75, 3.05) is 35.5 Å². The Balaban J connectivity index is 1.46. The number of aromatic nitrogens is 3. The first kappa shape index (κ1) is 23.8. The fourth-order valence-corrected chi connectivity index (χ4v) is 5.58. The average Bonchev–Trinajstić information content (AvgIpc) is 3.44. The molecule has 35 heavy (non-hydrogen) atoms. The third-order valence-corrected chi connectivity index (χ3v) is 7.31. The van der Waals surface area contributed by atoms with Gasteiger partial charge in [0.1, 0.15) is 5.82 Å². The minimum Gasteiger partial charge on any atom is -0.354 e. The molecule has 0 saturated carbocycles. The Morgan fingerprint density at radius 3 is 2.74 bits per heavy atom. The van der Waals surface area contributed by atoms with Gasteiger partial charge in [-0.3, -0.25) is 9.52 Å². The highest BCUT2D eigenvalue weighted by Crippen LogP contribution is 2.34. The summed E-state index contributed by atoms with van der Waals surface area (Å²) in [6.45, 7) is 2.18. The first-order valence-corrected chi connectivity index (χ1v) is 13.9. The van der Waals surface area contributed by atoms with Crippen molar-refractivity contribution in [1.29, 1.82) is 0 Å². The van der Waals surface area contributed by atoms with Crippen molar-refractivity contribution >= 4 is 44.7 Å². The molecule has 5 rings (SSSR count). The molecule has 0 spiro atoms. The molecule has 2 aromatic heterocycles. The van der Waals surface area contributed by atoms with Crippen molar-refractivity contribution in [1.82, 2.24) is 19.5 Å². The van der Waals surface area contributed by atoms with E-state index in [1.807, 2.05) is 18.3 Å². The van der Waals surface area contributed by atoms with E-state index in [0.29, 0.717) is 17.2 Å². The summed E-state index contributed by atoms with van der Waals surface area (Å²) in [4.78, 5) is 22.4. The van der Waals surface area contributed by atoms with Gasteiger partial charge < -0.3 is 15.5 Å². The fraction of sp³-hybridized carbons (Fsp3) is 0.435. The number of hydrogen-bond acceptors (Lipinski definition) is 7. The number of amides is 1. The lowest BCUT2D eigenvalue weighted by molar-refractivity contribution is 0.0607. The second-order valence-electron chi connectivity index (χ2n) is 9.23. The van der Waals surface area contributed by atoms with Crippen LogP contribution in [-0.4, -0.2) is 65.8 Å². The topological polar surface area (TPSA) is 126 Å². The van der Waals surface area contributed by atoms with Gasteiger partial charge in [0.15, 0.2) is 5.65 Å². The van der Waals surface area contributed by atoms with E-state index in [2.05, 4.69) is 9.62 Å². The summed E-state index contributed by atoms with van der Waals surface area (Å²) < 4.78 is 27.9. The van der Waals surface area contributed by atoms with Crippen LogP contribution in [-0.2, 0) is 10.0 Å². The number of benzene rings is 1. The molecular formula is C23H28ClN7O3S. The van der Waals surface area contributed by atoms with E-state index in [1.165, 1.54) is 12.1 Å². The van der Waals surface area contributed by atoms with Crippen molar-refractivity contribution in [3.63, 3.8) is 0 Å². The molecule has 186 valence electrons. The first-order chi connectivity index (χ1) is 16.7. The Bertz CT molecular complexity index is 1380. The van der Waals surface area contributed by atoms with Gasteiger partial charge in [-0.05, 0) is 56.0 Å². The Morgan fingerprint density at radius 1 is 1.17 bits per heavy atom. The normalized spacial score (nSPS) is 21.0. The molecule has 4 heterocycles. The van der Waals surface area contributed by atoms with Crippen LogP contribution >= 0.6 is 11.6 Å². The summed E-state index contributed by atoms with van der Waals surface area (Å²) in [6.07, 6.45) is 6.41. The first-order valence-electron chi connectivity index (χ1n) is 11.6. The number of nitrogens with zero attached hydrogens (tertiary/aromatic N) is 5. The number of likely N-dealkylation sites (tertiary alicyclic amines) is 1. The lowest BCUT2D eigenvalue weighted by Gasteiger charge is -2.35. The lowest BCUT2D eigenvalue weighted by atomic mass is 9.98. The second kappa shape index (κ2) is 9.29. The quantitative estimate of drug-likeness (QED) is 0.532. The monoisotopic (exact) mass is 517 g/mol. The summed E-state index contributed by atoms with van der Waals surface area (Å²) in [5, 5.41) is 5.08. The molecule has 0 radical (unpaired) electrons. The Labute approximate surface area is 209 Å². The Morgan fingerprint density at radius 2 is 2.00 bits per heavy atom. The van der Waals surface area contributed by atoms with E-state index in [4.69, 9.17) is 27.4 Å². The van der Waals surface area contributed by atoms with Crippen LogP contribution in [0.2, 0.25) is 5.02 Å². The maximum atomic E-state index is 13.7. The molecule has 3 aromatic rings. The van der Waals surface area contributed by atoms with Gasteiger partial charge in [-0.15, -0.1) is 5.10 Å². The summed E-state index contributed by atoms with van der Waals surface area (Å²) in [5.41, 5.74) is 7.92. The Kier molecular flexibility index (Phi) is 6.32. The minimum absolute atomic E-state index is 0.154. The van der Waals surface area contributed by atoms with Gasteiger partial charge in [0, 0.05) is 30.7 Å². The van der Waals surface area contributed by atoms with Crippen molar-refractivity contribution in [2.24, 2.45) is 5.73 Å². The van der Waals surface area contributed by atoms with E-state index in [-0.39, 0.29) is 29.2 Å². The zero-order valence-electron chi connectivity index (χ0n) is 19.4. The van der Waals surface area contributed by atoms with Gasteiger partial charge in [0.2, 0.25) is 10.0 Å². The number of piperidine rings is 1. The molecule has 1 amide bonds. The molecule has 3 N–H and O–H groups in total. The number of hydrogen-bond donors (Lipinski definition) is 2. The van der Waals surface area contributed by atoms with Gasteiger partial charge >= 0.3 is 0 Å². The van der Waals surface area contributed by atoms with Crippen molar-refractivity contribution in [3.05, 3.63) is 52.8 Å². The van der Waals surface area contributed by atoms with Crippen molar-refractivity contribution in [3.8, 4) is 0 Å². The number of carbonyl (C=O) groups is 1. The summed E-state index contributed by atoms with van der Waals surface area (Å²) in [5.74, 6) is 0.557. The van der Waals surface area contributed by atoms with Crippen LogP contribution in [0.25, 0.3) is 5.65 Å². The number of imidazole rings is 1. The number of sulfonamides is 1. The minimum atomic E-state index is -3.57. The van der Waals surface area contributed by atoms with Gasteiger partial charge in [0.25, 0.3) is 5.91 Å². The molecule has 0 aliphatic carbocycles. The SMILES string of the molecule is CS(=O)(=O)Nc1ccc(Cl)cc1C(=O)N1CCCC[C@@H]1c1cn2nc(N3CC[C@H](N)C3)ccc2n1. The zero-order chi connectivity index (χ0) is 24.7. The number of nitrogens with one attached hydrogen (secondary N) is 1. The van der Waals surface area contributed by atoms with E-state index < -0.39 is 10.0 Å². The number of fused-ring (bicyclic) bond motifs is 1. The highest BCUT2D eigenvalue weighted by Gasteiger charge is 2.32. The standard InChI is InChI=1S/C23H28ClN7O3S/c1-35(33,34)28-18-6-5-15(24)12-17(18)23(32)30-10-3-2-4-20(30)19-14-31-21(26-19)7-8-22(27-31)29-11-9-16(25)13-29/h5-8,12,14,16,20,28H,2-4,9-11,13,25H2,1H3/t16-,20+/m0/s1. The number of halogens is 1. The molecule has 0 unspecified atom stereocenters. The smallest absolute Gasteiger partial charge is 0.256 e. The Hall–Kier alpha value is -2.89. The van der Waals surface area contributed by atoms with Crippen LogP contribution in [0.4, 0.5) is 11.5 Å².